The lowest BCUT2D eigenvalue weighted by atomic mass is 10.4. The maximum atomic E-state index is 11.9. The number of hydrogen-bond donors (Lipinski definition) is 2. The van der Waals surface area contributed by atoms with Crippen LogP contribution in [0.1, 0.15) is 9.67 Å². The highest BCUT2D eigenvalue weighted by Crippen LogP contribution is 2.21. The first-order valence-corrected chi connectivity index (χ1v) is 7.55. The van der Waals surface area contributed by atoms with Crippen LogP contribution in [0.3, 0.4) is 0 Å². The van der Waals surface area contributed by atoms with Crippen molar-refractivity contribution >= 4 is 27.3 Å². The smallest absolute Gasteiger partial charge is 0.345 e. The zero-order chi connectivity index (χ0) is 14.5. The van der Waals surface area contributed by atoms with Crippen molar-refractivity contribution in [1.29, 1.82) is 0 Å². The van der Waals surface area contributed by atoms with Crippen LogP contribution in [0.25, 0.3) is 0 Å². The standard InChI is InChI=1S/C10H15NO6S2/c1-16-6-7(17-2)5-11-19(14,15)9-4-3-8(18-9)10(12)13/h3-4,7,11H,5-6H2,1-2H3,(H,12,13). The number of carbonyl (C=O) groups is 1. The van der Waals surface area contributed by atoms with Crippen molar-refractivity contribution in [2.45, 2.75) is 10.3 Å². The molecule has 1 heterocycles. The van der Waals surface area contributed by atoms with Crippen LogP contribution in [0.2, 0.25) is 0 Å². The molecular weight excluding hydrogens is 294 g/mol. The highest BCUT2D eigenvalue weighted by molar-refractivity contribution is 7.91. The van der Waals surface area contributed by atoms with Gasteiger partial charge in [0, 0.05) is 20.8 Å². The van der Waals surface area contributed by atoms with Gasteiger partial charge in [-0.3, -0.25) is 0 Å². The van der Waals surface area contributed by atoms with E-state index in [-0.39, 0.29) is 22.2 Å². The molecule has 1 aromatic heterocycles. The van der Waals surface area contributed by atoms with Crippen molar-refractivity contribution < 1.29 is 27.8 Å². The molecule has 0 spiro atoms. The fourth-order valence-corrected chi connectivity index (χ4v) is 3.51. The first-order valence-electron chi connectivity index (χ1n) is 5.25. The van der Waals surface area contributed by atoms with Gasteiger partial charge >= 0.3 is 5.97 Å². The van der Waals surface area contributed by atoms with Gasteiger partial charge in [0.1, 0.15) is 9.09 Å². The van der Waals surface area contributed by atoms with Gasteiger partial charge in [-0.2, -0.15) is 0 Å². The minimum Gasteiger partial charge on any atom is -0.477 e. The van der Waals surface area contributed by atoms with E-state index in [0.717, 1.165) is 0 Å². The maximum Gasteiger partial charge on any atom is 0.345 e. The Labute approximate surface area is 115 Å². The molecule has 7 nitrogen and oxygen atoms in total. The Morgan fingerprint density at radius 2 is 2.16 bits per heavy atom. The first-order chi connectivity index (χ1) is 8.90. The third-order valence-corrected chi connectivity index (χ3v) is 5.23. The van der Waals surface area contributed by atoms with Crippen LogP contribution in [0.15, 0.2) is 16.3 Å². The molecule has 0 aromatic carbocycles. The molecule has 108 valence electrons. The van der Waals surface area contributed by atoms with E-state index in [4.69, 9.17) is 14.6 Å². The first kappa shape index (κ1) is 16.1. The van der Waals surface area contributed by atoms with Gasteiger partial charge < -0.3 is 14.6 Å². The second-order valence-corrected chi connectivity index (χ2v) is 6.67. The Balaban J connectivity index is 2.72. The van der Waals surface area contributed by atoms with E-state index in [2.05, 4.69) is 4.72 Å². The van der Waals surface area contributed by atoms with Gasteiger partial charge in [-0.1, -0.05) is 0 Å². The normalized spacial score (nSPS) is 13.4. The predicted molar refractivity (Wildman–Crippen MR) is 69.1 cm³/mol. The van der Waals surface area contributed by atoms with Gasteiger partial charge in [-0.05, 0) is 12.1 Å². The van der Waals surface area contributed by atoms with Gasteiger partial charge in [0.2, 0.25) is 10.0 Å². The molecule has 1 atom stereocenters. The summed E-state index contributed by atoms with van der Waals surface area (Å²) in [6, 6.07) is 2.51. The molecule has 2 N–H and O–H groups in total. The van der Waals surface area contributed by atoms with Gasteiger partial charge in [-0.25, -0.2) is 17.9 Å². The molecule has 9 heteroatoms. The quantitative estimate of drug-likeness (QED) is 0.720. The molecule has 1 aromatic rings. The molecule has 0 fully saturated rings. The average molecular weight is 309 g/mol. The minimum atomic E-state index is -3.73. The Hall–Kier alpha value is -1.00. The third-order valence-electron chi connectivity index (χ3n) is 2.24. The molecule has 0 amide bonds. The minimum absolute atomic E-state index is 0.0273. The molecule has 19 heavy (non-hydrogen) atoms. The number of sulfonamides is 1. The number of methoxy groups -OCH3 is 2. The van der Waals surface area contributed by atoms with Gasteiger partial charge in [-0.15, -0.1) is 11.3 Å². The Morgan fingerprint density at radius 3 is 2.63 bits per heavy atom. The fraction of sp³-hybridized carbons (Fsp3) is 0.500. The zero-order valence-corrected chi connectivity index (χ0v) is 12.1. The average Bonchev–Trinajstić information content (AvgIpc) is 2.85. The molecule has 0 radical (unpaired) electrons. The summed E-state index contributed by atoms with van der Waals surface area (Å²) in [7, 11) is -0.792. The van der Waals surface area contributed by atoms with Crippen molar-refractivity contribution in [3.8, 4) is 0 Å². The lowest BCUT2D eigenvalue weighted by Gasteiger charge is -2.14. The van der Waals surface area contributed by atoms with Crippen LogP contribution in [0.4, 0.5) is 0 Å². The molecule has 0 saturated heterocycles. The lowest BCUT2D eigenvalue weighted by Crippen LogP contribution is -2.35. The number of hydrogen-bond acceptors (Lipinski definition) is 6. The van der Waals surface area contributed by atoms with E-state index in [1.165, 1.54) is 26.4 Å². The van der Waals surface area contributed by atoms with Crippen LogP contribution in [-0.4, -0.2) is 53.0 Å². The number of carboxylic acid groups (broad SMARTS) is 1. The third kappa shape index (κ3) is 4.55. The van der Waals surface area contributed by atoms with Crippen molar-refractivity contribution in [3.05, 3.63) is 17.0 Å². The highest BCUT2D eigenvalue weighted by Gasteiger charge is 2.20. The molecule has 0 bridgehead atoms. The van der Waals surface area contributed by atoms with Crippen LogP contribution in [-0.2, 0) is 19.5 Å². The summed E-state index contributed by atoms with van der Waals surface area (Å²) in [4.78, 5) is 10.7. The highest BCUT2D eigenvalue weighted by atomic mass is 32.2. The van der Waals surface area contributed by atoms with Crippen molar-refractivity contribution in [1.82, 2.24) is 4.72 Å². The number of rotatable bonds is 8. The van der Waals surface area contributed by atoms with Gasteiger partial charge in [0.15, 0.2) is 0 Å². The van der Waals surface area contributed by atoms with E-state index in [9.17, 15) is 13.2 Å². The monoisotopic (exact) mass is 309 g/mol. The van der Waals surface area contributed by atoms with E-state index >= 15 is 0 Å². The van der Waals surface area contributed by atoms with Crippen LogP contribution in [0.5, 0.6) is 0 Å². The van der Waals surface area contributed by atoms with E-state index in [1.54, 1.807) is 0 Å². The Morgan fingerprint density at radius 1 is 1.47 bits per heavy atom. The Kier molecular flexibility index (Phi) is 5.88. The van der Waals surface area contributed by atoms with Gasteiger partial charge in [0.25, 0.3) is 0 Å². The zero-order valence-electron chi connectivity index (χ0n) is 10.5. The van der Waals surface area contributed by atoms with Crippen molar-refractivity contribution in [2.24, 2.45) is 0 Å². The lowest BCUT2D eigenvalue weighted by molar-refractivity contribution is 0.0320. The summed E-state index contributed by atoms with van der Waals surface area (Å²) in [5.74, 6) is -1.15. The topological polar surface area (TPSA) is 102 Å². The number of thiophene rings is 1. The molecule has 0 aliphatic rings. The summed E-state index contributed by atoms with van der Waals surface area (Å²) in [5.41, 5.74) is 0. The molecule has 0 saturated carbocycles. The molecule has 1 rings (SSSR count). The largest absolute Gasteiger partial charge is 0.477 e. The molecular formula is C10H15NO6S2. The van der Waals surface area contributed by atoms with Crippen molar-refractivity contribution in [2.75, 3.05) is 27.4 Å². The SMILES string of the molecule is COCC(CNS(=O)(=O)c1ccc(C(=O)O)s1)OC. The fourth-order valence-electron chi connectivity index (χ4n) is 1.25. The van der Waals surface area contributed by atoms with Gasteiger partial charge in [0.05, 0.1) is 12.7 Å². The van der Waals surface area contributed by atoms with E-state index < -0.39 is 22.1 Å². The van der Waals surface area contributed by atoms with Crippen LogP contribution in [0, 0.1) is 0 Å². The second-order valence-electron chi connectivity index (χ2n) is 3.59. The Bertz CT molecular complexity index is 524. The number of nitrogens with one attached hydrogen (secondary N) is 1. The number of aromatic carboxylic acids is 1. The number of ether oxygens (including phenoxy) is 2. The summed E-state index contributed by atoms with van der Waals surface area (Å²) in [6.07, 6.45) is -0.404. The van der Waals surface area contributed by atoms with Crippen LogP contribution >= 0.6 is 11.3 Å². The summed E-state index contributed by atoms with van der Waals surface area (Å²) in [6.45, 7) is 0.302. The summed E-state index contributed by atoms with van der Waals surface area (Å²) in [5, 5.41) is 8.75. The van der Waals surface area contributed by atoms with E-state index in [0.29, 0.717) is 11.3 Å². The number of carboxylic acids is 1. The molecule has 0 aliphatic heterocycles. The van der Waals surface area contributed by atoms with Crippen LogP contribution < -0.4 is 4.72 Å². The predicted octanol–water partition coefficient (Wildman–Crippen LogP) is 0.386. The van der Waals surface area contributed by atoms with Crippen molar-refractivity contribution in [3.63, 3.8) is 0 Å². The summed E-state index contributed by atoms with van der Waals surface area (Å²) < 4.78 is 36.0. The second kappa shape index (κ2) is 6.96. The molecule has 1 unspecified atom stereocenters. The maximum absolute atomic E-state index is 11.9. The summed E-state index contributed by atoms with van der Waals surface area (Å²) >= 11 is 0.698. The molecule has 0 aliphatic carbocycles. The van der Waals surface area contributed by atoms with E-state index in [1.807, 2.05) is 0 Å².